The third-order valence-electron chi connectivity index (χ3n) is 6.72. The monoisotopic (exact) mass is 604 g/mol. The van der Waals surface area contributed by atoms with Crippen molar-refractivity contribution in [1.82, 2.24) is 0 Å². The molecular formula is C31H22F6O6. The Hall–Kier alpha value is -5.00. The first-order chi connectivity index (χ1) is 20.0. The lowest BCUT2D eigenvalue weighted by Gasteiger charge is -2.38. The molecule has 0 saturated carbocycles. The molecule has 224 valence electrons. The summed E-state index contributed by atoms with van der Waals surface area (Å²) < 4.78 is 99.6. The topological polar surface area (TPSA) is 93.1 Å². The summed E-state index contributed by atoms with van der Waals surface area (Å²) in [6.45, 7) is 2.58. The molecule has 0 fully saturated rings. The number of ether oxygens (including phenoxy) is 2. The zero-order chi connectivity index (χ0) is 31.7. The number of hydrogen-bond donors (Lipinski definition) is 2. The minimum atomic E-state index is -5.83. The van der Waals surface area contributed by atoms with Gasteiger partial charge in [-0.2, -0.15) is 26.3 Å². The van der Waals surface area contributed by atoms with E-state index in [0.29, 0.717) is 12.1 Å². The molecule has 0 radical (unpaired) electrons. The Morgan fingerprint density at radius 3 is 1.14 bits per heavy atom. The Kier molecular flexibility index (Phi) is 8.17. The van der Waals surface area contributed by atoms with Gasteiger partial charge in [0, 0.05) is 0 Å². The van der Waals surface area contributed by atoms with Crippen LogP contribution in [0.4, 0.5) is 26.3 Å². The van der Waals surface area contributed by atoms with E-state index in [4.69, 9.17) is 19.7 Å². The van der Waals surface area contributed by atoms with Gasteiger partial charge in [0.1, 0.15) is 23.0 Å². The number of aromatic carboxylic acids is 2. The minimum Gasteiger partial charge on any atom is -0.478 e. The second-order valence-electron chi connectivity index (χ2n) is 9.57. The molecule has 4 aromatic rings. The fraction of sp³-hybridized carbons (Fsp3) is 0.161. The molecule has 4 rings (SSSR count). The maximum absolute atomic E-state index is 14.7. The van der Waals surface area contributed by atoms with E-state index in [1.165, 1.54) is 62.4 Å². The van der Waals surface area contributed by atoms with Crippen LogP contribution in [0.2, 0.25) is 0 Å². The molecule has 6 nitrogen and oxygen atoms in total. The second-order valence-corrected chi connectivity index (χ2v) is 9.57. The Morgan fingerprint density at radius 2 is 0.884 bits per heavy atom. The zero-order valence-corrected chi connectivity index (χ0v) is 22.4. The smallest absolute Gasteiger partial charge is 0.411 e. The number of rotatable bonds is 8. The van der Waals surface area contributed by atoms with Gasteiger partial charge in [-0.15, -0.1) is 0 Å². The molecule has 2 N–H and O–H groups in total. The average molecular weight is 604 g/mol. The standard InChI is InChI=1S/C31H22F6O6/c1-17-15-21(7-13-25(17)42-23-9-3-19(4-10-23)27(38)39)29(30(32,33)34,31(35,36)37)22-8-14-26(18(2)16-22)43-24-11-5-20(6-12-24)28(40)41/h3-16H,1-2H3,(H,38,39)(H,40,41). The number of hydrogen-bond acceptors (Lipinski definition) is 4. The fourth-order valence-electron chi connectivity index (χ4n) is 4.56. The van der Waals surface area contributed by atoms with Gasteiger partial charge in [-0.3, -0.25) is 0 Å². The molecular weight excluding hydrogens is 582 g/mol. The van der Waals surface area contributed by atoms with Crippen molar-refractivity contribution in [3.8, 4) is 23.0 Å². The van der Waals surface area contributed by atoms with Crippen LogP contribution in [0.5, 0.6) is 23.0 Å². The number of carboxylic acid groups (broad SMARTS) is 2. The largest absolute Gasteiger partial charge is 0.478 e. The maximum atomic E-state index is 14.7. The Morgan fingerprint density at radius 1 is 0.558 bits per heavy atom. The summed E-state index contributed by atoms with van der Waals surface area (Å²) >= 11 is 0. The van der Waals surface area contributed by atoms with Crippen molar-refractivity contribution >= 4 is 11.9 Å². The molecule has 0 atom stereocenters. The van der Waals surface area contributed by atoms with Gasteiger partial charge >= 0.3 is 24.3 Å². The number of halogens is 6. The van der Waals surface area contributed by atoms with Crippen molar-refractivity contribution in [2.24, 2.45) is 0 Å². The fourth-order valence-corrected chi connectivity index (χ4v) is 4.56. The van der Waals surface area contributed by atoms with E-state index in [2.05, 4.69) is 0 Å². The predicted molar refractivity (Wildman–Crippen MR) is 142 cm³/mol. The van der Waals surface area contributed by atoms with Gasteiger partial charge in [0.2, 0.25) is 5.41 Å². The van der Waals surface area contributed by atoms with Crippen LogP contribution >= 0.6 is 0 Å². The molecule has 43 heavy (non-hydrogen) atoms. The lowest BCUT2D eigenvalue weighted by Crippen LogP contribution is -2.54. The Bertz CT molecular complexity index is 1530. The molecule has 0 aliphatic rings. The van der Waals surface area contributed by atoms with Gasteiger partial charge in [-0.05, 0) is 96.8 Å². The number of carbonyl (C=O) groups is 2. The van der Waals surface area contributed by atoms with Gasteiger partial charge in [0.25, 0.3) is 0 Å². The molecule has 0 aromatic heterocycles. The van der Waals surface area contributed by atoms with Crippen LogP contribution in [-0.2, 0) is 5.41 Å². The lowest BCUT2D eigenvalue weighted by molar-refractivity contribution is -0.288. The summed E-state index contributed by atoms with van der Waals surface area (Å²) in [6.07, 6.45) is -11.7. The van der Waals surface area contributed by atoms with Crippen molar-refractivity contribution in [2.75, 3.05) is 0 Å². The van der Waals surface area contributed by atoms with Crippen LogP contribution in [0.1, 0.15) is 43.0 Å². The first-order valence-corrected chi connectivity index (χ1v) is 12.4. The number of aryl methyl sites for hydroxylation is 2. The van der Waals surface area contributed by atoms with Crippen molar-refractivity contribution in [3.63, 3.8) is 0 Å². The van der Waals surface area contributed by atoms with E-state index < -0.39 is 40.8 Å². The summed E-state index contributed by atoms with van der Waals surface area (Å²) in [5.41, 5.74) is -6.73. The summed E-state index contributed by atoms with van der Waals surface area (Å²) in [4.78, 5) is 22.1. The average Bonchev–Trinajstić information content (AvgIpc) is 2.91. The normalized spacial score (nSPS) is 12.1. The van der Waals surface area contributed by atoms with Crippen molar-refractivity contribution < 1.29 is 55.6 Å². The first-order valence-electron chi connectivity index (χ1n) is 12.4. The molecule has 4 aromatic carbocycles. The maximum Gasteiger partial charge on any atom is 0.411 e. The van der Waals surface area contributed by atoms with Gasteiger partial charge in [-0.25, -0.2) is 9.59 Å². The van der Waals surface area contributed by atoms with Crippen LogP contribution in [0.3, 0.4) is 0 Å². The summed E-state index contributed by atoms with van der Waals surface area (Å²) in [6, 6.07) is 15.1. The van der Waals surface area contributed by atoms with Crippen LogP contribution < -0.4 is 9.47 Å². The summed E-state index contributed by atoms with van der Waals surface area (Å²) in [7, 11) is 0. The minimum absolute atomic E-state index is 0.0285. The molecule has 0 unspecified atom stereocenters. The van der Waals surface area contributed by atoms with E-state index in [1.807, 2.05) is 0 Å². The highest BCUT2D eigenvalue weighted by atomic mass is 19.4. The molecule has 0 heterocycles. The van der Waals surface area contributed by atoms with E-state index in [0.717, 1.165) is 24.3 Å². The lowest BCUT2D eigenvalue weighted by atomic mass is 9.72. The molecule has 0 amide bonds. The number of alkyl halides is 6. The Labute approximate surface area is 240 Å². The van der Waals surface area contributed by atoms with Crippen LogP contribution in [0, 0.1) is 13.8 Å². The van der Waals surface area contributed by atoms with Crippen LogP contribution in [-0.4, -0.2) is 34.5 Å². The number of carboxylic acids is 2. The highest BCUT2D eigenvalue weighted by Crippen LogP contribution is 2.57. The van der Waals surface area contributed by atoms with Crippen molar-refractivity contribution in [2.45, 2.75) is 31.6 Å². The van der Waals surface area contributed by atoms with Crippen LogP contribution in [0.15, 0.2) is 84.9 Å². The van der Waals surface area contributed by atoms with E-state index in [1.54, 1.807) is 0 Å². The zero-order valence-electron chi connectivity index (χ0n) is 22.4. The van der Waals surface area contributed by atoms with Crippen molar-refractivity contribution in [1.29, 1.82) is 0 Å². The molecule has 0 aliphatic carbocycles. The first kappa shape index (κ1) is 30.9. The Balaban J connectivity index is 1.75. The highest BCUT2D eigenvalue weighted by molar-refractivity contribution is 5.88. The molecule has 0 aliphatic heterocycles. The van der Waals surface area contributed by atoms with Crippen molar-refractivity contribution in [3.05, 3.63) is 118 Å². The highest BCUT2D eigenvalue weighted by Gasteiger charge is 2.72. The summed E-state index contributed by atoms with van der Waals surface area (Å²) in [5, 5.41) is 18.0. The SMILES string of the molecule is Cc1cc(C(c2ccc(Oc3ccc(C(=O)O)cc3)c(C)c2)(C(F)(F)F)C(F)(F)F)ccc1Oc1ccc(C(=O)O)cc1. The molecule has 0 bridgehead atoms. The quantitative estimate of drug-likeness (QED) is 0.196. The third kappa shape index (κ3) is 5.99. The second kappa shape index (κ2) is 11.3. The van der Waals surface area contributed by atoms with E-state index in [-0.39, 0.29) is 45.3 Å². The molecule has 12 heteroatoms. The van der Waals surface area contributed by atoms with E-state index >= 15 is 0 Å². The molecule has 0 spiro atoms. The van der Waals surface area contributed by atoms with Crippen LogP contribution in [0.25, 0.3) is 0 Å². The van der Waals surface area contributed by atoms with Gasteiger partial charge < -0.3 is 19.7 Å². The van der Waals surface area contributed by atoms with Gasteiger partial charge in [-0.1, -0.05) is 24.3 Å². The third-order valence-corrected chi connectivity index (χ3v) is 6.72. The van der Waals surface area contributed by atoms with Gasteiger partial charge in [0.05, 0.1) is 11.1 Å². The van der Waals surface area contributed by atoms with E-state index in [9.17, 15) is 35.9 Å². The summed E-state index contributed by atoms with van der Waals surface area (Å²) in [5.74, 6) is -2.18. The molecule has 0 saturated heterocycles. The predicted octanol–water partition coefficient (Wildman–Crippen LogP) is 8.70. The van der Waals surface area contributed by atoms with Gasteiger partial charge in [0.15, 0.2) is 0 Å². The number of benzene rings is 4.